The van der Waals surface area contributed by atoms with Gasteiger partial charge in [0.1, 0.15) is 6.07 Å². The zero-order valence-corrected chi connectivity index (χ0v) is 12.1. The lowest BCUT2D eigenvalue weighted by atomic mass is 10.1. The van der Waals surface area contributed by atoms with E-state index in [9.17, 15) is 5.26 Å². The van der Waals surface area contributed by atoms with Crippen molar-refractivity contribution in [3.63, 3.8) is 0 Å². The summed E-state index contributed by atoms with van der Waals surface area (Å²) in [5, 5.41) is 15.5. The van der Waals surface area contributed by atoms with Gasteiger partial charge in [-0.05, 0) is 48.5 Å². The lowest BCUT2D eigenvalue weighted by molar-refractivity contribution is 0.180. The summed E-state index contributed by atoms with van der Waals surface area (Å²) in [6, 6.07) is 2.15. The molecule has 98 valence electrons. The van der Waals surface area contributed by atoms with Gasteiger partial charge in [0.25, 0.3) is 0 Å². The molecule has 0 unspecified atom stereocenters. The van der Waals surface area contributed by atoms with Crippen LogP contribution in [0.3, 0.4) is 0 Å². The van der Waals surface area contributed by atoms with Crippen molar-refractivity contribution in [2.24, 2.45) is 0 Å². The second-order valence-corrected chi connectivity index (χ2v) is 6.00. The van der Waals surface area contributed by atoms with E-state index in [0.717, 1.165) is 0 Å². The molecule has 0 bridgehead atoms. The number of allylic oxidation sites excluding steroid dienone is 1. The fraction of sp³-hybridized carbons (Fsp3) is 0.769. The van der Waals surface area contributed by atoms with Gasteiger partial charge in [-0.1, -0.05) is 0 Å². The summed E-state index contributed by atoms with van der Waals surface area (Å²) in [6.07, 6.45) is 0. The van der Waals surface area contributed by atoms with Crippen LogP contribution in [0.4, 0.5) is 0 Å². The lowest BCUT2D eigenvalue weighted by Gasteiger charge is -2.27. The Bertz CT molecular complexity index is 313. The van der Waals surface area contributed by atoms with Crippen molar-refractivity contribution in [1.82, 2.24) is 10.6 Å². The molecule has 4 nitrogen and oxygen atoms in total. The Morgan fingerprint density at radius 3 is 1.82 bits per heavy atom. The highest BCUT2D eigenvalue weighted by molar-refractivity contribution is 5.24. The van der Waals surface area contributed by atoms with E-state index in [-0.39, 0.29) is 11.1 Å². The molecule has 0 aliphatic rings. The zero-order chi connectivity index (χ0) is 13.7. The van der Waals surface area contributed by atoms with Gasteiger partial charge in [-0.3, -0.25) is 0 Å². The molecule has 4 heteroatoms. The molecule has 0 aromatic carbocycles. The number of rotatable bonds is 4. The predicted octanol–water partition coefficient (Wildman–Crippen LogP) is 2.49. The highest BCUT2D eigenvalue weighted by Gasteiger charge is 2.19. The Morgan fingerprint density at radius 1 is 1.06 bits per heavy atom. The number of nitriles is 1. The summed E-state index contributed by atoms with van der Waals surface area (Å²) in [6.45, 7) is 14.5. The van der Waals surface area contributed by atoms with Crippen molar-refractivity contribution in [2.45, 2.75) is 59.5 Å². The van der Waals surface area contributed by atoms with E-state index < -0.39 is 0 Å². The first-order valence-electron chi connectivity index (χ1n) is 5.92. The topological polar surface area (TPSA) is 57.1 Å². The standard InChI is InChI=1S/C13H25N3O/c1-8-17-11(16-13(5,6)7)10(9-14)15-12(2,3)4/h15-16H,8H2,1-7H3/b11-10+. The highest BCUT2D eigenvalue weighted by atomic mass is 16.5. The van der Waals surface area contributed by atoms with Crippen LogP contribution in [0.25, 0.3) is 0 Å². The Labute approximate surface area is 105 Å². The van der Waals surface area contributed by atoms with Crippen molar-refractivity contribution in [3.8, 4) is 6.07 Å². The van der Waals surface area contributed by atoms with E-state index >= 15 is 0 Å². The summed E-state index contributed by atoms with van der Waals surface area (Å²) in [5.41, 5.74) is 0.119. The Kier molecular flexibility index (Phi) is 5.34. The molecule has 0 amide bonds. The Hall–Kier alpha value is -1.37. The molecule has 0 rings (SSSR count). The quantitative estimate of drug-likeness (QED) is 0.584. The summed E-state index contributed by atoms with van der Waals surface area (Å²) < 4.78 is 5.50. The summed E-state index contributed by atoms with van der Waals surface area (Å²) in [4.78, 5) is 0. The van der Waals surface area contributed by atoms with Gasteiger partial charge in [-0.2, -0.15) is 5.26 Å². The summed E-state index contributed by atoms with van der Waals surface area (Å²) in [7, 11) is 0. The van der Waals surface area contributed by atoms with Crippen LogP contribution in [0.1, 0.15) is 48.5 Å². The van der Waals surface area contributed by atoms with E-state index in [2.05, 4.69) is 16.7 Å². The van der Waals surface area contributed by atoms with Crippen LogP contribution in [-0.2, 0) is 4.74 Å². The van der Waals surface area contributed by atoms with E-state index in [1.165, 1.54) is 0 Å². The predicted molar refractivity (Wildman–Crippen MR) is 70.0 cm³/mol. The molecule has 0 heterocycles. The molecular formula is C13H25N3O. The van der Waals surface area contributed by atoms with Gasteiger partial charge < -0.3 is 15.4 Å². The fourth-order valence-corrected chi connectivity index (χ4v) is 1.17. The lowest BCUT2D eigenvalue weighted by Crippen LogP contribution is -2.41. The summed E-state index contributed by atoms with van der Waals surface area (Å²) in [5.74, 6) is 0.512. The first kappa shape index (κ1) is 15.6. The number of nitrogens with one attached hydrogen (secondary N) is 2. The van der Waals surface area contributed by atoms with Crippen LogP contribution in [0, 0.1) is 11.3 Å². The molecule has 0 fully saturated rings. The van der Waals surface area contributed by atoms with Crippen LogP contribution in [-0.4, -0.2) is 17.7 Å². The monoisotopic (exact) mass is 239 g/mol. The maximum atomic E-state index is 9.19. The molecule has 0 saturated carbocycles. The molecule has 0 aliphatic carbocycles. The van der Waals surface area contributed by atoms with Gasteiger partial charge in [0.2, 0.25) is 5.88 Å². The van der Waals surface area contributed by atoms with Crippen LogP contribution in [0.5, 0.6) is 0 Å². The van der Waals surface area contributed by atoms with Gasteiger partial charge in [0.05, 0.1) is 6.61 Å². The van der Waals surface area contributed by atoms with Crippen molar-refractivity contribution >= 4 is 0 Å². The molecule has 17 heavy (non-hydrogen) atoms. The van der Waals surface area contributed by atoms with Crippen LogP contribution in [0.2, 0.25) is 0 Å². The van der Waals surface area contributed by atoms with Crippen LogP contribution < -0.4 is 10.6 Å². The third kappa shape index (κ3) is 7.51. The normalized spacial score (nSPS) is 13.5. The van der Waals surface area contributed by atoms with E-state index in [4.69, 9.17) is 4.74 Å². The third-order valence-electron chi connectivity index (χ3n) is 1.62. The van der Waals surface area contributed by atoms with E-state index in [1.54, 1.807) is 0 Å². The number of hydrogen-bond donors (Lipinski definition) is 2. The highest BCUT2D eigenvalue weighted by Crippen LogP contribution is 2.11. The molecule has 2 N–H and O–H groups in total. The molecule has 0 saturated heterocycles. The van der Waals surface area contributed by atoms with Crippen LogP contribution in [0.15, 0.2) is 11.6 Å². The third-order valence-corrected chi connectivity index (χ3v) is 1.62. The summed E-state index contributed by atoms with van der Waals surface area (Å²) >= 11 is 0. The van der Waals surface area contributed by atoms with Crippen molar-refractivity contribution < 1.29 is 4.74 Å². The van der Waals surface area contributed by atoms with Crippen molar-refractivity contribution in [2.75, 3.05) is 6.61 Å². The van der Waals surface area contributed by atoms with Gasteiger partial charge in [-0.15, -0.1) is 0 Å². The average Bonchev–Trinajstić information content (AvgIpc) is 2.10. The largest absolute Gasteiger partial charge is 0.478 e. The maximum absolute atomic E-state index is 9.19. The molecular weight excluding hydrogens is 214 g/mol. The first-order valence-corrected chi connectivity index (χ1v) is 5.92. The number of nitrogens with zero attached hydrogens (tertiary/aromatic N) is 1. The first-order chi connectivity index (χ1) is 7.59. The number of hydrogen-bond acceptors (Lipinski definition) is 4. The minimum absolute atomic E-state index is 0.147. The molecule has 0 aromatic rings. The van der Waals surface area contributed by atoms with E-state index in [0.29, 0.717) is 18.2 Å². The minimum atomic E-state index is -0.174. The van der Waals surface area contributed by atoms with Gasteiger partial charge in [-0.25, -0.2) is 0 Å². The Morgan fingerprint density at radius 2 is 1.53 bits per heavy atom. The molecule has 0 radical (unpaired) electrons. The SMILES string of the molecule is CCO/C(NC(C)(C)C)=C(\C#N)NC(C)(C)C. The fourth-order valence-electron chi connectivity index (χ4n) is 1.17. The molecule has 0 aliphatic heterocycles. The average molecular weight is 239 g/mol. The molecule has 0 spiro atoms. The van der Waals surface area contributed by atoms with Gasteiger partial charge >= 0.3 is 0 Å². The van der Waals surface area contributed by atoms with E-state index in [1.807, 2.05) is 48.5 Å². The molecule has 0 aromatic heterocycles. The minimum Gasteiger partial charge on any atom is -0.478 e. The zero-order valence-electron chi connectivity index (χ0n) is 12.1. The van der Waals surface area contributed by atoms with Gasteiger partial charge in [0.15, 0.2) is 5.70 Å². The second-order valence-electron chi connectivity index (χ2n) is 6.00. The number of ether oxygens (including phenoxy) is 1. The second kappa shape index (κ2) is 5.81. The maximum Gasteiger partial charge on any atom is 0.222 e. The smallest absolute Gasteiger partial charge is 0.222 e. The molecule has 0 atom stereocenters. The van der Waals surface area contributed by atoms with Gasteiger partial charge in [0, 0.05) is 11.1 Å². The van der Waals surface area contributed by atoms with Crippen LogP contribution >= 0.6 is 0 Å². The van der Waals surface area contributed by atoms with Crippen molar-refractivity contribution in [1.29, 1.82) is 5.26 Å². The van der Waals surface area contributed by atoms with Crippen molar-refractivity contribution in [3.05, 3.63) is 11.6 Å². The Balaban J connectivity index is 5.12.